The Morgan fingerprint density at radius 2 is 1.93 bits per heavy atom. The molecule has 28 heavy (non-hydrogen) atoms. The molecular formula is C20H24ClN3O4. The number of imide groups is 1. The van der Waals surface area contributed by atoms with Gasteiger partial charge in [-0.2, -0.15) is 0 Å². The molecule has 3 N–H and O–H groups in total. The lowest BCUT2D eigenvalue weighted by molar-refractivity contribution is -0.145. The van der Waals surface area contributed by atoms with Crippen molar-refractivity contribution >= 4 is 35.0 Å². The van der Waals surface area contributed by atoms with Crippen LogP contribution in [0, 0.1) is 18.8 Å². The molecule has 150 valence electrons. The first-order chi connectivity index (χ1) is 13.1. The first kappa shape index (κ1) is 19.4. The number of anilines is 1. The third-order valence-corrected chi connectivity index (χ3v) is 6.74. The second-order valence-corrected chi connectivity index (χ2v) is 8.56. The number of aliphatic hydroxyl groups excluding tert-OH is 1. The van der Waals surface area contributed by atoms with Crippen LogP contribution in [-0.2, 0) is 19.9 Å². The van der Waals surface area contributed by atoms with E-state index in [0.717, 1.165) is 5.56 Å². The van der Waals surface area contributed by atoms with Crippen molar-refractivity contribution in [1.29, 1.82) is 0 Å². The first-order valence-corrected chi connectivity index (χ1v) is 9.97. The first-order valence-electron chi connectivity index (χ1n) is 9.59. The third kappa shape index (κ3) is 2.27. The number of aryl methyl sites for hydroxylation is 1. The Morgan fingerprint density at radius 3 is 2.54 bits per heavy atom. The lowest BCUT2D eigenvalue weighted by Crippen LogP contribution is -2.55. The van der Waals surface area contributed by atoms with Crippen LogP contribution in [0.5, 0.6) is 0 Å². The van der Waals surface area contributed by atoms with Crippen molar-refractivity contribution in [2.75, 3.05) is 5.32 Å². The lowest BCUT2D eigenvalue weighted by atomic mass is 9.76. The normalized spacial score (nSPS) is 33.3. The minimum Gasteiger partial charge on any atom is -0.392 e. The molecule has 2 saturated heterocycles. The fraction of sp³-hybridized carbons (Fsp3) is 0.550. The van der Waals surface area contributed by atoms with E-state index in [1.807, 2.05) is 26.8 Å². The van der Waals surface area contributed by atoms with E-state index in [1.54, 1.807) is 13.0 Å². The van der Waals surface area contributed by atoms with Crippen molar-refractivity contribution in [3.8, 4) is 0 Å². The Morgan fingerprint density at radius 1 is 1.25 bits per heavy atom. The summed E-state index contributed by atoms with van der Waals surface area (Å²) in [6, 6.07) is 2.57. The van der Waals surface area contributed by atoms with Gasteiger partial charge in [0.2, 0.25) is 17.7 Å². The summed E-state index contributed by atoms with van der Waals surface area (Å²) in [7, 11) is 0. The van der Waals surface area contributed by atoms with Crippen molar-refractivity contribution in [3.63, 3.8) is 0 Å². The van der Waals surface area contributed by atoms with Crippen LogP contribution >= 0.6 is 11.6 Å². The molecule has 0 saturated carbocycles. The van der Waals surface area contributed by atoms with Crippen molar-refractivity contribution in [1.82, 2.24) is 10.2 Å². The number of halogens is 1. The van der Waals surface area contributed by atoms with Gasteiger partial charge in [-0.1, -0.05) is 24.6 Å². The van der Waals surface area contributed by atoms with Gasteiger partial charge in [0.05, 0.1) is 28.6 Å². The highest BCUT2D eigenvalue weighted by molar-refractivity contribution is 6.35. The molecule has 0 unspecified atom stereocenters. The number of carbonyl (C=O) groups is 3. The highest BCUT2D eigenvalue weighted by atomic mass is 35.5. The molecule has 3 heterocycles. The maximum atomic E-state index is 13.4. The highest BCUT2D eigenvalue weighted by Crippen LogP contribution is 2.55. The monoisotopic (exact) mass is 405 g/mol. The third-order valence-electron chi connectivity index (χ3n) is 6.44. The number of amides is 3. The smallest absolute Gasteiger partial charge is 0.250 e. The number of nitrogens with zero attached hydrogens (tertiary/aromatic N) is 1. The second kappa shape index (κ2) is 6.27. The molecule has 3 aliphatic rings. The van der Waals surface area contributed by atoms with Crippen molar-refractivity contribution in [3.05, 3.63) is 28.3 Å². The van der Waals surface area contributed by atoms with Crippen molar-refractivity contribution in [2.24, 2.45) is 11.8 Å². The summed E-state index contributed by atoms with van der Waals surface area (Å²) >= 11 is 6.36. The fourth-order valence-electron chi connectivity index (χ4n) is 4.98. The molecule has 7 nitrogen and oxygen atoms in total. The maximum Gasteiger partial charge on any atom is 0.250 e. The number of hydrogen-bond donors (Lipinski definition) is 3. The van der Waals surface area contributed by atoms with E-state index in [2.05, 4.69) is 10.6 Å². The summed E-state index contributed by atoms with van der Waals surface area (Å²) in [6.07, 6.45) is -0.303. The molecule has 3 amide bonds. The summed E-state index contributed by atoms with van der Waals surface area (Å²) in [4.78, 5) is 41.1. The quantitative estimate of drug-likeness (QED) is 0.663. The van der Waals surface area contributed by atoms with E-state index in [9.17, 15) is 19.5 Å². The average molecular weight is 406 g/mol. The lowest BCUT2D eigenvalue weighted by Gasteiger charge is -2.31. The Hall–Kier alpha value is -1.96. The zero-order valence-electron chi connectivity index (χ0n) is 16.2. The van der Waals surface area contributed by atoms with Gasteiger partial charge in [-0.05, 0) is 38.8 Å². The summed E-state index contributed by atoms with van der Waals surface area (Å²) in [5.74, 6) is -2.86. The molecule has 3 aliphatic heterocycles. The second-order valence-electron chi connectivity index (χ2n) is 8.15. The van der Waals surface area contributed by atoms with E-state index in [4.69, 9.17) is 11.6 Å². The molecule has 1 aromatic carbocycles. The van der Waals surface area contributed by atoms with Crippen molar-refractivity contribution in [2.45, 2.75) is 57.8 Å². The van der Waals surface area contributed by atoms with Gasteiger partial charge in [-0.3, -0.25) is 24.6 Å². The summed E-state index contributed by atoms with van der Waals surface area (Å²) in [6.45, 7) is 7.14. The fourth-order valence-corrected chi connectivity index (χ4v) is 5.30. The molecule has 6 atom stereocenters. The van der Waals surface area contributed by atoms with Crippen LogP contribution in [0.4, 0.5) is 5.69 Å². The zero-order valence-corrected chi connectivity index (χ0v) is 17.0. The standard InChI is InChI=1S/C20H24ClN3O4/c1-5-9(3)24-17(26)13-14(18(24)27)20(23-15(13)10(4)25)11-6-8(2)7-12(21)16(11)22-19(20)28/h6-7,9-10,13-15,23,25H,5H2,1-4H3,(H,22,28)/t9-,10-,13-,14-,15+,20-/m0/s1. The van der Waals surface area contributed by atoms with Crippen LogP contribution in [0.15, 0.2) is 12.1 Å². The number of likely N-dealkylation sites (tertiary alicyclic amines) is 1. The number of benzene rings is 1. The van der Waals surface area contributed by atoms with Crippen LogP contribution in [0.1, 0.15) is 38.3 Å². The molecule has 8 heteroatoms. The van der Waals surface area contributed by atoms with E-state index >= 15 is 0 Å². The Kier molecular flexibility index (Phi) is 4.34. The summed E-state index contributed by atoms with van der Waals surface area (Å²) in [5.41, 5.74) is 0.436. The highest BCUT2D eigenvalue weighted by Gasteiger charge is 2.71. The Labute approximate surface area is 168 Å². The van der Waals surface area contributed by atoms with Gasteiger partial charge in [0.25, 0.3) is 0 Å². The summed E-state index contributed by atoms with van der Waals surface area (Å²) < 4.78 is 0. The molecule has 0 aliphatic carbocycles. The van der Waals surface area contributed by atoms with Crippen LogP contribution in [-0.4, -0.2) is 45.9 Å². The SMILES string of the molecule is CC[C@H](C)N1C(=O)[C@@H]2[C@@H]([C@H](C)O)N[C@]3(C(=O)Nc4c(Cl)cc(C)cc43)[C@@H]2C1=O. The van der Waals surface area contributed by atoms with Gasteiger partial charge < -0.3 is 10.4 Å². The Bertz CT molecular complexity index is 902. The number of carbonyl (C=O) groups excluding carboxylic acids is 3. The topological polar surface area (TPSA) is 98.7 Å². The minimum absolute atomic E-state index is 0.276. The number of nitrogens with one attached hydrogen (secondary N) is 2. The predicted octanol–water partition coefficient (Wildman–Crippen LogP) is 1.55. The zero-order chi connectivity index (χ0) is 20.5. The molecule has 0 radical (unpaired) electrons. The van der Waals surface area contributed by atoms with Gasteiger partial charge >= 0.3 is 0 Å². The van der Waals surface area contributed by atoms with E-state index in [1.165, 1.54) is 4.90 Å². The minimum atomic E-state index is -1.42. The number of fused-ring (bicyclic) bond motifs is 4. The van der Waals surface area contributed by atoms with E-state index < -0.39 is 35.4 Å². The van der Waals surface area contributed by atoms with Gasteiger partial charge in [-0.15, -0.1) is 0 Å². The molecule has 4 rings (SSSR count). The average Bonchev–Trinajstić information content (AvgIpc) is 3.21. The van der Waals surface area contributed by atoms with Crippen LogP contribution in [0.2, 0.25) is 5.02 Å². The van der Waals surface area contributed by atoms with Gasteiger partial charge in [0.15, 0.2) is 0 Å². The van der Waals surface area contributed by atoms with E-state index in [-0.39, 0.29) is 17.9 Å². The van der Waals surface area contributed by atoms with Crippen LogP contribution < -0.4 is 10.6 Å². The molecule has 2 fully saturated rings. The molecule has 1 aromatic rings. The molecule has 0 bridgehead atoms. The number of aliphatic hydroxyl groups is 1. The van der Waals surface area contributed by atoms with E-state index in [0.29, 0.717) is 22.7 Å². The number of hydrogen-bond acceptors (Lipinski definition) is 5. The summed E-state index contributed by atoms with van der Waals surface area (Å²) in [5, 5.41) is 16.7. The predicted molar refractivity (Wildman–Crippen MR) is 104 cm³/mol. The van der Waals surface area contributed by atoms with Gasteiger partial charge in [-0.25, -0.2) is 0 Å². The Balaban J connectivity index is 1.94. The molecule has 0 aromatic heterocycles. The molecular weight excluding hydrogens is 382 g/mol. The molecule has 1 spiro atoms. The van der Waals surface area contributed by atoms with Crippen LogP contribution in [0.3, 0.4) is 0 Å². The van der Waals surface area contributed by atoms with Crippen LogP contribution in [0.25, 0.3) is 0 Å². The van der Waals surface area contributed by atoms with Gasteiger partial charge in [0, 0.05) is 17.6 Å². The maximum absolute atomic E-state index is 13.4. The van der Waals surface area contributed by atoms with Crippen molar-refractivity contribution < 1.29 is 19.5 Å². The largest absolute Gasteiger partial charge is 0.392 e. The number of rotatable bonds is 3. The van der Waals surface area contributed by atoms with Gasteiger partial charge in [0.1, 0.15) is 5.54 Å².